The normalized spacial score (nSPS) is 22.2. The molecule has 25 heavy (non-hydrogen) atoms. The molecule has 2 aliphatic rings. The largest absolute Gasteiger partial charge is 0.339 e. The van der Waals surface area contributed by atoms with Gasteiger partial charge in [-0.2, -0.15) is 4.98 Å². The van der Waals surface area contributed by atoms with E-state index in [0.717, 1.165) is 50.4 Å². The van der Waals surface area contributed by atoms with Gasteiger partial charge in [-0.15, -0.1) is 11.3 Å². The Morgan fingerprint density at radius 2 is 2.20 bits per heavy atom. The fourth-order valence-electron chi connectivity index (χ4n) is 3.43. The second kappa shape index (κ2) is 7.63. The second-order valence-electron chi connectivity index (χ2n) is 6.59. The van der Waals surface area contributed by atoms with Gasteiger partial charge < -0.3 is 14.7 Å². The molecule has 2 aromatic rings. The van der Waals surface area contributed by atoms with Gasteiger partial charge in [0, 0.05) is 26.2 Å². The van der Waals surface area contributed by atoms with E-state index in [2.05, 4.69) is 20.4 Å². The molecule has 2 saturated heterocycles. The van der Waals surface area contributed by atoms with Crippen LogP contribution in [0.25, 0.3) is 10.7 Å². The van der Waals surface area contributed by atoms with E-state index in [9.17, 15) is 4.79 Å². The first kappa shape index (κ1) is 16.7. The SMILES string of the molecule is O=C(C1CCCCN1)N1CCN(Cc2nc(-c3cccs3)no2)CC1. The van der Waals surface area contributed by atoms with Crippen LogP contribution in [0.3, 0.4) is 0 Å². The van der Waals surface area contributed by atoms with Gasteiger partial charge in [-0.05, 0) is 30.8 Å². The van der Waals surface area contributed by atoms with Crippen molar-refractivity contribution in [1.82, 2.24) is 25.3 Å². The summed E-state index contributed by atoms with van der Waals surface area (Å²) >= 11 is 1.60. The fraction of sp³-hybridized carbons (Fsp3) is 0.588. The molecule has 2 aliphatic heterocycles. The third-order valence-corrected chi connectivity index (χ3v) is 5.73. The summed E-state index contributed by atoms with van der Waals surface area (Å²) in [7, 11) is 0. The third kappa shape index (κ3) is 3.91. The highest BCUT2D eigenvalue weighted by Crippen LogP contribution is 2.21. The van der Waals surface area contributed by atoms with Crippen molar-refractivity contribution in [3.05, 3.63) is 23.4 Å². The van der Waals surface area contributed by atoms with Crippen LogP contribution in [-0.4, -0.2) is 64.6 Å². The molecule has 7 nitrogen and oxygen atoms in total. The number of hydrogen-bond donors (Lipinski definition) is 1. The first-order valence-electron chi connectivity index (χ1n) is 8.90. The Morgan fingerprint density at radius 3 is 2.92 bits per heavy atom. The zero-order valence-electron chi connectivity index (χ0n) is 14.2. The number of amides is 1. The number of hydrogen-bond acceptors (Lipinski definition) is 7. The lowest BCUT2D eigenvalue weighted by molar-refractivity contribution is -0.135. The predicted molar refractivity (Wildman–Crippen MR) is 95.1 cm³/mol. The van der Waals surface area contributed by atoms with Crippen LogP contribution >= 0.6 is 11.3 Å². The molecule has 0 aromatic carbocycles. The Labute approximate surface area is 151 Å². The number of thiophene rings is 1. The molecule has 8 heteroatoms. The molecular formula is C17H23N5O2S. The van der Waals surface area contributed by atoms with Gasteiger partial charge in [0.2, 0.25) is 17.6 Å². The molecule has 0 radical (unpaired) electrons. The molecule has 0 saturated carbocycles. The van der Waals surface area contributed by atoms with Crippen molar-refractivity contribution in [3.8, 4) is 10.7 Å². The number of nitrogens with zero attached hydrogens (tertiary/aromatic N) is 4. The lowest BCUT2D eigenvalue weighted by atomic mass is 10.0. The summed E-state index contributed by atoms with van der Waals surface area (Å²) in [6, 6.07) is 3.99. The van der Waals surface area contributed by atoms with Crippen LogP contribution in [0, 0.1) is 0 Å². The van der Waals surface area contributed by atoms with Crippen LogP contribution in [0.1, 0.15) is 25.2 Å². The maximum Gasteiger partial charge on any atom is 0.241 e. The standard InChI is InChI=1S/C17H23N5O2S/c23-17(13-4-1-2-6-18-13)22-9-7-21(8-10-22)12-15-19-16(20-24-15)14-5-3-11-25-14/h3,5,11,13,18H,1-2,4,6-10,12H2. The van der Waals surface area contributed by atoms with E-state index in [-0.39, 0.29) is 11.9 Å². The predicted octanol–water partition coefficient (Wildman–Crippen LogP) is 1.58. The quantitative estimate of drug-likeness (QED) is 0.891. The summed E-state index contributed by atoms with van der Waals surface area (Å²) in [4.78, 5) is 22.3. The van der Waals surface area contributed by atoms with E-state index in [1.165, 1.54) is 6.42 Å². The van der Waals surface area contributed by atoms with Gasteiger partial charge in [-0.25, -0.2) is 0 Å². The monoisotopic (exact) mass is 361 g/mol. The number of aromatic nitrogens is 2. The van der Waals surface area contributed by atoms with Crippen LogP contribution in [-0.2, 0) is 11.3 Å². The van der Waals surface area contributed by atoms with Gasteiger partial charge in [0.1, 0.15) is 0 Å². The smallest absolute Gasteiger partial charge is 0.241 e. The third-order valence-electron chi connectivity index (χ3n) is 4.86. The lowest BCUT2D eigenvalue weighted by Gasteiger charge is -2.36. The van der Waals surface area contributed by atoms with Crippen LogP contribution in [0.2, 0.25) is 0 Å². The van der Waals surface area contributed by atoms with E-state index < -0.39 is 0 Å². The van der Waals surface area contributed by atoms with Crippen LogP contribution in [0.4, 0.5) is 0 Å². The molecule has 0 bridgehead atoms. The number of carbonyl (C=O) groups is 1. The molecule has 0 spiro atoms. The first-order chi connectivity index (χ1) is 12.3. The highest BCUT2D eigenvalue weighted by atomic mass is 32.1. The highest BCUT2D eigenvalue weighted by molar-refractivity contribution is 7.13. The molecule has 0 aliphatic carbocycles. The van der Waals surface area contributed by atoms with Gasteiger partial charge in [0.05, 0.1) is 17.5 Å². The summed E-state index contributed by atoms with van der Waals surface area (Å²) < 4.78 is 5.37. The number of piperazine rings is 1. The Balaban J connectivity index is 1.28. The Hall–Kier alpha value is -1.77. The van der Waals surface area contributed by atoms with E-state index in [1.807, 2.05) is 22.4 Å². The zero-order valence-corrected chi connectivity index (χ0v) is 15.0. The summed E-state index contributed by atoms with van der Waals surface area (Å²) in [5.41, 5.74) is 0. The van der Waals surface area contributed by atoms with Gasteiger partial charge in [0.25, 0.3) is 0 Å². The summed E-state index contributed by atoms with van der Waals surface area (Å²) in [6.07, 6.45) is 3.29. The van der Waals surface area contributed by atoms with Crippen molar-refractivity contribution in [3.63, 3.8) is 0 Å². The number of piperidine rings is 1. The van der Waals surface area contributed by atoms with Crippen molar-refractivity contribution in [1.29, 1.82) is 0 Å². The Kier molecular flexibility index (Phi) is 5.09. The average Bonchev–Trinajstić information content (AvgIpc) is 3.34. The lowest BCUT2D eigenvalue weighted by Crippen LogP contribution is -2.54. The van der Waals surface area contributed by atoms with Crippen molar-refractivity contribution < 1.29 is 9.32 Å². The topological polar surface area (TPSA) is 74.5 Å². The van der Waals surface area contributed by atoms with Crippen molar-refractivity contribution >= 4 is 17.2 Å². The van der Waals surface area contributed by atoms with Gasteiger partial charge in [-0.3, -0.25) is 9.69 Å². The maximum absolute atomic E-state index is 12.6. The summed E-state index contributed by atoms with van der Waals surface area (Å²) in [5, 5.41) is 9.40. The minimum absolute atomic E-state index is 0.0181. The maximum atomic E-state index is 12.6. The van der Waals surface area contributed by atoms with E-state index >= 15 is 0 Å². The minimum atomic E-state index is 0.0181. The fourth-order valence-corrected chi connectivity index (χ4v) is 4.07. The van der Waals surface area contributed by atoms with Crippen LogP contribution < -0.4 is 5.32 Å². The molecular weight excluding hydrogens is 338 g/mol. The van der Waals surface area contributed by atoms with Crippen molar-refractivity contribution in [2.24, 2.45) is 0 Å². The van der Waals surface area contributed by atoms with Gasteiger partial charge >= 0.3 is 0 Å². The van der Waals surface area contributed by atoms with E-state index in [4.69, 9.17) is 4.52 Å². The first-order valence-corrected chi connectivity index (χ1v) is 9.78. The molecule has 4 heterocycles. The highest BCUT2D eigenvalue weighted by Gasteiger charge is 2.28. The van der Waals surface area contributed by atoms with Crippen molar-refractivity contribution in [2.45, 2.75) is 31.8 Å². The molecule has 1 N–H and O–H groups in total. The molecule has 2 fully saturated rings. The van der Waals surface area contributed by atoms with E-state index in [1.54, 1.807) is 11.3 Å². The average molecular weight is 361 g/mol. The summed E-state index contributed by atoms with van der Waals surface area (Å²) in [6.45, 7) is 4.82. The van der Waals surface area contributed by atoms with Gasteiger partial charge in [-0.1, -0.05) is 17.6 Å². The zero-order chi connectivity index (χ0) is 17.1. The molecule has 2 aromatic heterocycles. The Morgan fingerprint density at radius 1 is 1.32 bits per heavy atom. The minimum Gasteiger partial charge on any atom is -0.339 e. The van der Waals surface area contributed by atoms with Crippen LogP contribution in [0.5, 0.6) is 0 Å². The molecule has 1 amide bonds. The molecule has 1 atom stereocenters. The molecule has 134 valence electrons. The van der Waals surface area contributed by atoms with E-state index in [0.29, 0.717) is 18.3 Å². The number of rotatable bonds is 4. The van der Waals surface area contributed by atoms with Gasteiger partial charge in [0.15, 0.2) is 0 Å². The van der Waals surface area contributed by atoms with Crippen LogP contribution in [0.15, 0.2) is 22.0 Å². The second-order valence-corrected chi connectivity index (χ2v) is 7.54. The Bertz CT molecular complexity index is 688. The molecule has 4 rings (SSSR count). The number of carbonyl (C=O) groups excluding carboxylic acids is 1. The number of nitrogens with one attached hydrogen (secondary N) is 1. The van der Waals surface area contributed by atoms with Crippen molar-refractivity contribution in [2.75, 3.05) is 32.7 Å². The molecule has 1 unspecified atom stereocenters. The summed E-state index contributed by atoms with van der Waals surface area (Å²) in [5.74, 6) is 1.55.